The van der Waals surface area contributed by atoms with Crippen LogP contribution in [0.5, 0.6) is 0 Å². The summed E-state index contributed by atoms with van der Waals surface area (Å²) in [6.45, 7) is 0. The van der Waals surface area contributed by atoms with E-state index in [0.29, 0.717) is 0 Å². The van der Waals surface area contributed by atoms with Crippen LogP contribution in [0.1, 0.15) is 5.56 Å². The molecule has 0 fully saturated rings. The van der Waals surface area contributed by atoms with E-state index in [1.807, 2.05) is 30.6 Å². The Hall–Kier alpha value is -6.91. The second-order valence-electron chi connectivity index (χ2n) is 13.3. The van der Waals surface area contributed by atoms with Crippen molar-refractivity contribution in [1.82, 2.24) is 9.13 Å². The van der Waals surface area contributed by atoms with Crippen LogP contribution in [0.25, 0.3) is 76.9 Å². The van der Waals surface area contributed by atoms with Crippen LogP contribution in [0.3, 0.4) is 0 Å². The van der Waals surface area contributed by atoms with E-state index >= 15 is 0 Å². The molecular weight excluding hydrogens is 633 g/mol. The molecule has 2 aromatic heterocycles. The Labute approximate surface area is 301 Å². The van der Waals surface area contributed by atoms with Crippen molar-refractivity contribution in [3.8, 4) is 16.8 Å². The molecule has 2 N–H and O–H groups in total. The van der Waals surface area contributed by atoms with E-state index in [9.17, 15) is 0 Å². The molecule has 0 spiro atoms. The molecule has 4 nitrogen and oxygen atoms in total. The summed E-state index contributed by atoms with van der Waals surface area (Å²) >= 11 is 0. The molecule has 9 aromatic rings. The van der Waals surface area contributed by atoms with Crippen LogP contribution in [0.4, 0.5) is 0 Å². The molecule has 246 valence electrons. The van der Waals surface area contributed by atoms with Gasteiger partial charge in [0.2, 0.25) is 0 Å². The van der Waals surface area contributed by atoms with Crippen molar-refractivity contribution in [3.63, 3.8) is 0 Å². The maximum absolute atomic E-state index is 6.81. The van der Waals surface area contributed by atoms with E-state index in [-0.39, 0.29) is 6.04 Å². The van der Waals surface area contributed by atoms with E-state index in [4.69, 9.17) is 10.7 Å². The van der Waals surface area contributed by atoms with Crippen LogP contribution in [0.15, 0.2) is 193 Å². The van der Waals surface area contributed by atoms with Crippen molar-refractivity contribution in [3.05, 3.63) is 193 Å². The number of nitrogens with zero attached hydrogens (tertiary/aromatic N) is 3. The molecule has 2 heterocycles. The summed E-state index contributed by atoms with van der Waals surface area (Å²) < 4.78 is 4.74. The lowest BCUT2D eigenvalue weighted by Crippen LogP contribution is -2.13. The summed E-state index contributed by atoms with van der Waals surface area (Å²) in [6.07, 6.45) is 10.3. The van der Waals surface area contributed by atoms with Gasteiger partial charge in [-0.25, -0.2) is 0 Å². The summed E-state index contributed by atoms with van der Waals surface area (Å²) in [6, 6.07) is 55.8. The molecule has 1 aliphatic rings. The number of allylic oxidation sites excluding steroid dienone is 2. The van der Waals surface area contributed by atoms with Crippen LogP contribution < -0.4 is 5.73 Å². The Bertz CT molecular complexity index is 2940. The molecule has 1 unspecified atom stereocenters. The number of para-hydroxylation sites is 2. The fourth-order valence-electron chi connectivity index (χ4n) is 8.08. The third-order valence-electron chi connectivity index (χ3n) is 10.4. The van der Waals surface area contributed by atoms with E-state index in [1.54, 1.807) is 0 Å². The molecule has 0 aliphatic heterocycles. The summed E-state index contributed by atoms with van der Waals surface area (Å²) in [5.41, 5.74) is 17.7. The number of fused-ring (bicyclic) bond motifs is 10. The number of aliphatic imine (C=N–C) groups is 1. The largest absolute Gasteiger partial charge is 0.398 e. The van der Waals surface area contributed by atoms with E-state index < -0.39 is 0 Å². The van der Waals surface area contributed by atoms with Crippen LogP contribution in [0, 0.1) is 0 Å². The number of hydrogen-bond acceptors (Lipinski definition) is 2. The predicted molar refractivity (Wildman–Crippen MR) is 220 cm³/mol. The number of rotatable bonds is 5. The zero-order chi connectivity index (χ0) is 34.6. The zero-order valence-electron chi connectivity index (χ0n) is 28.4. The first-order valence-corrected chi connectivity index (χ1v) is 17.7. The van der Waals surface area contributed by atoms with Gasteiger partial charge in [-0.05, 0) is 47.0 Å². The van der Waals surface area contributed by atoms with Gasteiger partial charge >= 0.3 is 0 Å². The molecule has 1 atom stereocenters. The third-order valence-corrected chi connectivity index (χ3v) is 10.4. The number of hydrogen-bond donors (Lipinski definition) is 1. The zero-order valence-corrected chi connectivity index (χ0v) is 28.4. The Morgan fingerprint density at radius 3 is 1.96 bits per heavy atom. The van der Waals surface area contributed by atoms with Crippen molar-refractivity contribution in [2.24, 2.45) is 10.7 Å². The first-order valence-electron chi connectivity index (χ1n) is 17.7. The van der Waals surface area contributed by atoms with Crippen molar-refractivity contribution in [2.75, 3.05) is 0 Å². The Balaban J connectivity index is 1.33. The molecule has 1 aliphatic carbocycles. The minimum atomic E-state index is -0.240. The summed E-state index contributed by atoms with van der Waals surface area (Å²) in [5, 5.41) is 7.24. The van der Waals surface area contributed by atoms with Crippen molar-refractivity contribution in [1.29, 1.82) is 0 Å². The van der Waals surface area contributed by atoms with E-state index in [0.717, 1.165) is 33.6 Å². The number of aromatic nitrogens is 2. The molecule has 7 aromatic carbocycles. The van der Waals surface area contributed by atoms with Crippen LogP contribution in [-0.4, -0.2) is 21.5 Å². The smallest absolute Gasteiger partial charge is 0.0971 e. The summed E-state index contributed by atoms with van der Waals surface area (Å²) in [4.78, 5) is 5.29. The third kappa shape index (κ3) is 4.65. The quantitative estimate of drug-likeness (QED) is 0.144. The molecule has 0 bridgehead atoms. The molecule has 0 saturated carbocycles. The lowest BCUT2D eigenvalue weighted by atomic mass is 9.97. The number of benzene rings is 7. The minimum Gasteiger partial charge on any atom is -0.398 e. The van der Waals surface area contributed by atoms with Gasteiger partial charge < -0.3 is 10.3 Å². The van der Waals surface area contributed by atoms with E-state index in [1.165, 1.54) is 54.5 Å². The maximum atomic E-state index is 6.81. The van der Waals surface area contributed by atoms with E-state index in [2.05, 4.69) is 167 Å². The monoisotopic (exact) mass is 666 g/mol. The highest BCUT2D eigenvalue weighted by Crippen LogP contribution is 2.46. The Morgan fingerprint density at radius 2 is 1.19 bits per heavy atom. The lowest BCUT2D eigenvalue weighted by Gasteiger charge is -2.16. The minimum absolute atomic E-state index is 0.240. The van der Waals surface area contributed by atoms with Gasteiger partial charge in [0.1, 0.15) is 0 Å². The van der Waals surface area contributed by atoms with Crippen molar-refractivity contribution in [2.45, 2.75) is 6.04 Å². The van der Waals surface area contributed by atoms with Gasteiger partial charge in [-0.3, -0.25) is 9.56 Å². The van der Waals surface area contributed by atoms with Gasteiger partial charge in [0.25, 0.3) is 0 Å². The van der Waals surface area contributed by atoms with Crippen LogP contribution in [0.2, 0.25) is 0 Å². The highest BCUT2D eigenvalue weighted by molar-refractivity contribution is 6.38. The first kappa shape index (κ1) is 30.0. The lowest BCUT2D eigenvalue weighted by molar-refractivity contribution is 0.966. The summed E-state index contributed by atoms with van der Waals surface area (Å²) in [7, 11) is 0. The van der Waals surface area contributed by atoms with Crippen LogP contribution >= 0.6 is 0 Å². The second-order valence-corrected chi connectivity index (χ2v) is 13.3. The van der Waals surface area contributed by atoms with Gasteiger partial charge in [0, 0.05) is 49.3 Å². The standard InChI is InChI=1S/C48H34N4/c49-46(33-18-6-2-7-19-33)38-24-12-14-26-41(38)50-31-51-42-29-28-34(32-16-4-1-5-17-32)30-40(42)45-44-39-25-13-15-27-43(39)52(35-20-8-3-9-21-35)48(44)37-23-11-10-22-36(37)47(45)51/h1-31,41H,49H2/b46-38-,50-31?. The highest BCUT2D eigenvalue weighted by Gasteiger charge is 2.24. The Kier molecular flexibility index (Phi) is 7.00. The second kappa shape index (κ2) is 12.1. The molecular formula is C48H34N4. The van der Waals surface area contributed by atoms with Crippen molar-refractivity contribution >= 4 is 66.4 Å². The summed E-state index contributed by atoms with van der Waals surface area (Å²) in [5.74, 6) is 0. The van der Waals surface area contributed by atoms with Gasteiger partial charge in [0.15, 0.2) is 0 Å². The van der Waals surface area contributed by atoms with Crippen LogP contribution in [-0.2, 0) is 0 Å². The SMILES string of the molecule is N/C(=C1/C=CC=CC1N=Cn1c2ccc(-c3ccccc3)cc2c2c3c4ccccc4n(-c4ccccc4)c3c3ccccc3c21)c1ccccc1. The van der Waals surface area contributed by atoms with Gasteiger partial charge in [-0.15, -0.1) is 0 Å². The van der Waals surface area contributed by atoms with Gasteiger partial charge in [0.05, 0.1) is 34.4 Å². The van der Waals surface area contributed by atoms with Gasteiger partial charge in [-0.1, -0.05) is 152 Å². The molecule has 52 heavy (non-hydrogen) atoms. The molecule has 0 radical (unpaired) electrons. The Morgan fingerprint density at radius 1 is 0.558 bits per heavy atom. The fourth-order valence-corrected chi connectivity index (χ4v) is 8.08. The topological polar surface area (TPSA) is 48.2 Å². The number of nitrogens with two attached hydrogens (primary N) is 1. The molecule has 0 saturated heterocycles. The normalized spacial score (nSPS) is 15.6. The molecule has 0 amide bonds. The average Bonchev–Trinajstić information content (AvgIpc) is 3.74. The van der Waals surface area contributed by atoms with Gasteiger partial charge in [-0.2, -0.15) is 0 Å². The average molecular weight is 667 g/mol. The highest BCUT2D eigenvalue weighted by atomic mass is 15.0. The first-order chi connectivity index (χ1) is 25.8. The molecule has 4 heteroatoms. The predicted octanol–water partition coefficient (Wildman–Crippen LogP) is 11.5. The fraction of sp³-hybridized carbons (Fsp3) is 0.0208. The van der Waals surface area contributed by atoms with Crippen molar-refractivity contribution < 1.29 is 0 Å². The molecule has 10 rings (SSSR count). The maximum Gasteiger partial charge on any atom is 0.0971 e.